The molecule has 0 radical (unpaired) electrons. The third-order valence-electron chi connectivity index (χ3n) is 6.98. The van der Waals surface area contributed by atoms with E-state index >= 15 is 0 Å². The van der Waals surface area contributed by atoms with Gasteiger partial charge in [0.1, 0.15) is 17.3 Å². The molecule has 4 aromatic rings. The van der Waals surface area contributed by atoms with Crippen LogP contribution in [0.15, 0.2) is 79.1 Å². The number of carbonyl (C=O) groups is 2. The number of aromatic nitrogens is 3. The highest BCUT2D eigenvalue weighted by Crippen LogP contribution is 2.27. The standard InChI is InChI=1S/C32H37N7O3/c1-32(2,3)28-22-29(36-31(41)35-24-9-11-26(12-10-24)42-27-13-15-33-16-14-27)39(37-28)25-8-6-7-23(21-25)30(40)34-17-20-38-18-4-5-19-38/h6-16,21-22H,4-5,17-20H2,1-3H3,(H,34,40)(H2,35,36,41). The van der Waals surface area contributed by atoms with Crippen molar-refractivity contribution in [2.45, 2.75) is 39.0 Å². The topological polar surface area (TPSA) is 113 Å². The van der Waals surface area contributed by atoms with Crippen LogP contribution in [-0.2, 0) is 5.41 Å². The van der Waals surface area contributed by atoms with Crippen molar-refractivity contribution >= 4 is 23.4 Å². The number of ether oxygens (including phenoxy) is 1. The molecular formula is C32H37N7O3. The van der Waals surface area contributed by atoms with Crippen molar-refractivity contribution in [2.24, 2.45) is 0 Å². The van der Waals surface area contributed by atoms with Gasteiger partial charge in [-0.2, -0.15) is 5.10 Å². The molecule has 2 aromatic heterocycles. The Balaban J connectivity index is 1.27. The molecule has 10 heteroatoms. The normalized spacial score (nSPS) is 13.5. The van der Waals surface area contributed by atoms with Crippen LogP contribution in [0.1, 0.15) is 49.7 Å². The van der Waals surface area contributed by atoms with Gasteiger partial charge in [0.05, 0.1) is 11.4 Å². The number of anilines is 2. The molecule has 0 spiro atoms. The maximum Gasteiger partial charge on any atom is 0.324 e. The van der Waals surface area contributed by atoms with E-state index in [1.165, 1.54) is 12.8 Å². The maximum absolute atomic E-state index is 13.0. The van der Waals surface area contributed by atoms with Crippen LogP contribution in [0, 0.1) is 0 Å². The van der Waals surface area contributed by atoms with Gasteiger partial charge >= 0.3 is 6.03 Å². The second-order valence-corrected chi connectivity index (χ2v) is 11.3. The van der Waals surface area contributed by atoms with Crippen LogP contribution in [-0.4, -0.2) is 57.8 Å². The lowest BCUT2D eigenvalue weighted by Crippen LogP contribution is -2.33. The first-order valence-corrected chi connectivity index (χ1v) is 14.2. The summed E-state index contributed by atoms with van der Waals surface area (Å²) in [5.41, 5.74) is 2.35. The molecule has 0 saturated carbocycles. The van der Waals surface area contributed by atoms with Gasteiger partial charge in [0.15, 0.2) is 0 Å². The largest absolute Gasteiger partial charge is 0.457 e. The number of carbonyl (C=O) groups excluding carboxylic acids is 2. The van der Waals surface area contributed by atoms with Crippen molar-refractivity contribution < 1.29 is 14.3 Å². The van der Waals surface area contributed by atoms with Crippen LogP contribution in [0.2, 0.25) is 0 Å². The van der Waals surface area contributed by atoms with E-state index in [-0.39, 0.29) is 11.3 Å². The summed E-state index contributed by atoms with van der Waals surface area (Å²) in [7, 11) is 0. The Labute approximate surface area is 246 Å². The van der Waals surface area contributed by atoms with Gasteiger partial charge in [-0.3, -0.25) is 15.1 Å². The highest BCUT2D eigenvalue weighted by molar-refractivity contribution is 5.99. The SMILES string of the molecule is CC(C)(C)c1cc(NC(=O)Nc2ccc(Oc3ccncc3)cc2)n(-c2cccc(C(=O)NCCN3CCCC3)c2)n1. The van der Waals surface area contributed by atoms with E-state index < -0.39 is 6.03 Å². The van der Waals surface area contributed by atoms with Gasteiger partial charge in [-0.15, -0.1) is 0 Å². The molecule has 0 atom stereocenters. The van der Waals surface area contributed by atoms with Crippen LogP contribution >= 0.6 is 0 Å². The van der Waals surface area contributed by atoms with Crippen molar-refractivity contribution in [3.8, 4) is 17.2 Å². The van der Waals surface area contributed by atoms with Gasteiger partial charge in [0, 0.05) is 48.2 Å². The quantitative estimate of drug-likeness (QED) is 0.235. The fourth-order valence-electron chi connectivity index (χ4n) is 4.68. The van der Waals surface area contributed by atoms with Gasteiger partial charge < -0.3 is 20.3 Å². The van der Waals surface area contributed by atoms with E-state index in [1.807, 2.05) is 18.2 Å². The third-order valence-corrected chi connectivity index (χ3v) is 6.98. The van der Waals surface area contributed by atoms with E-state index in [0.717, 1.165) is 25.3 Å². The molecular weight excluding hydrogens is 530 g/mol. The molecule has 1 fully saturated rings. The van der Waals surface area contributed by atoms with Gasteiger partial charge in [-0.05, 0) is 80.5 Å². The molecule has 0 aliphatic carbocycles. The molecule has 3 N–H and O–H groups in total. The molecule has 0 bridgehead atoms. The number of nitrogens with one attached hydrogen (secondary N) is 3. The molecule has 3 heterocycles. The average molecular weight is 568 g/mol. The minimum absolute atomic E-state index is 0.136. The number of pyridine rings is 1. The van der Waals surface area contributed by atoms with Gasteiger partial charge in [-0.1, -0.05) is 26.8 Å². The Bertz CT molecular complexity index is 1510. The molecule has 3 amide bonds. The van der Waals surface area contributed by atoms with Crippen LogP contribution in [0.5, 0.6) is 11.5 Å². The fraction of sp³-hybridized carbons (Fsp3) is 0.312. The minimum Gasteiger partial charge on any atom is -0.457 e. The second kappa shape index (κ2) is 12.9. The Hall–Kier alpha value is -4.70. The van der Waals surface area contributed by atoms with Crippen molar-refractivity contribution in [3.05, 3.63) is 90.4 Å². The average Bonchev–Trinajstić information content (AvgIpc) is 3.65. The number of hydrogen-bond donors (Lipinski definition) is 3. The lowest BCUT2D eigenvalue weighted by Gasteiger charge is -2.15. The lowest BCUT2D eigenvalue weighted by molar-refractivity contribution is 0.0949. The first kappa shape index (κ1) is 28.8. The molecule has 42 heavy (non-hydrogen) atoms. The molecule has 0 unspecified atom stereocenters. The number of likely N-dealkylation sites (tertiary alicyclic amines) is 1. The number of hydrogen-bond acceptors (Lipinski definition) is 6. The molecule has 10 nitrogen and oxygen atoms in total. The molecule has 5 rings (SSSR count). The van der Waals surface area contributed by atoms with Gasteiger partial charge in [-0.25, -0.2) is 9.48 Å². The number of benzene rings is 2. The summed E-state index contributed by atoms with van der Waals surface area (Å²) in [6, 6.07) is 19.3. The van der Waals surface area contributed by atoms with Crippen LogP contribution in [0.25, 0.3) is 5.69 Å². The number of rotatable bonds is 9. The van der Waals surface area contributed by atoms with Gasteiger partial charge in [0.2, 0.25) is 0 Å². The van der Waals surface area contributed by atoms with E-state index in [1.54, 1.807) is 65.6 Å². The first-order valence-electron chi connectivity index (χ1n) is 14.2. The Morgan fingerprint density at radius 3 is 2.33 bits per heavy atom. The molecule has 1 aliphatic rings. The summed E-state index contributed by atoms with van der Waals surface area (Å²) in [6.07, 6.45) is 5.76. The maximum atomic E-state index is 13.0. The summed E-state index contributed by atoms with van der Waals surface area (Å²) in [5, 5.41) is 13.6. The number of amides is 3. The molecule has 218 valence electrons. The van der Waals surface area contributed by atoms with Crippen molar-refractivity contribution in [1.29, 1.82) is 0 Å². The van der Waals surface area contributed by atoms with Crippen LogP contribution < -0.4 is 20.7 Å². The highest BCUT2D eigenvalue weighted by atomic mass is 16.5. The van der Waals surface area contributed by atoms with Crippen molar-refractivity contribution in [2.75, 3.05) is 36.8 Å². The molecule has 2 aromatic carbocycles. The van der Waals surface area contributed by atoms with E-state index in [0.29, 0.717) is 40.8 Å². The number of nitrogens with zero attached hydrogens (tertiary/aromatic N) is 4. The van der Waals surface area contributed by atoms with Crippen LogP contribution in [0.4, 0.5) is 16.3 Å². The zero-order valence-electron chi connectivity index (χ0n) is 24.3. The van der Waals surface area contributed by atoms with E-state index in [2.05, 4.69) is 46.6 Å². The fourth-order valence-corrected chi connectivity index (χ4v) is 4.68. The smallest absolute Gasteiger partial charge is 0.324 e. The van der Waals surface area contributed by atoms with Crippen molar-refractivity contribution in [1.82, 2.24) is 25.0 Å². The Kier molecular flexibility index (Phi) is 8.83. The highest BCUT2D eigenvalue weighted by Gasteiger charge is 2.22. The Morgan fingerprint density at radius 2 is 1.62 bits per heavy atom. The van der Waals surface area contributed by atoms with Gasteiger partial charge in [0.25, 0.3) is 5.91 Å². The third kappa shape index (κ3) is 7.52. The van der Waals surface area contributed by atoms with Crippen molar-refractivity contribution in [3.63, 3.8) is 0 Å². The Morgan fingerprint density at radius 1 is 0.905 bits per heavy atom. The summed E-state index contributed by atoms with van der Waals surface area (Å²) in [4.78, 5) is 32.3. The molecule has 1 saturated heterocycles. The zero-order valence-corrected chi connectivity index (χ0v) is 24.3. The lowest BCUT2D eigenvalue weighted by atomic mass is 9.92. The van der Waals surface area contributed by atoms with E-state index in [9.17, 15) is 9.59 Å². The summed E-state index contributed by atoms with van der Waals surface area (Å²) in [5.74, 6) is 1.67. The summed E-state index contributed by atoms with van der Waals surface area (Å²) < 4.78 is 7.45. The predicted octanol–water partition coefficient (Wildman–Crippen LogP) is 5.83. The first-order chi connectivity index (χ1) is 20.2. The monoisotopic (exact) mass is 567 g/mol. The van der Waals surface area contributed by atoms with Crippen LogP contribution in [0.3, 0.4) is 0 Å². The molecule has 1 aliphatic heterocycles. The van der Waals surface area contributed by atoms with E-state index in [4.69, 9.17) is 9.84 Å². The number of urea groups is 1. The summed E-state index contributed by atoms with van der Waals surface area (Å²) >= 11 is 0. The summed E-state index contributed by atoms with van der Waals surface area (Å²) in [6.45, 7) is 9.81. The predicted molar refractivity (Wildman–Crippen MR) is 164 cm³/mol. The zero-order chi connectivity index (χ0) is 29.5. The second-order valence-electron chi connectivity index (χ2n) is 11.3. The minimum atomic E-state index is -0.421.